The smallest absolute Gasteiger partial charge is 0.184 e. The second-order valence-electron chi connectivity index (χ2n) is 10.3. The summed E-state index contributed by atoms with van der Waals surface area (Å²) in [6.07, 6.45) is 16.2. The first-order valence-corrected chi connectivity index (χ1v) is 13.6. The molecule has 6 atom stereocenters. The van der Waals surface area contributed by atoms with E-state index in [4.69, 9.17) is 4.43 Å². The van der Waals surface area contributed by atoms with Gasteiger partial charge in [0, 0.05) is 6.10 Å². The predicted molar refractivity (Wildman–Crippen MR) is 99.9 cm³/mol. The van der Waals surface area contributed by atoms with Crippen molar-refractivity contribution in [3.05, 3.63) is 11.6 Å². The Kier molecular flexibility index (Phi) is 4.08. The van der Waals surface area contributed by atoms with E-state index in [1.807, 2.05) is 5.57 Å². The van der Waals surface area contributed by atoms with E-state index in [0.717, 1.165) is 23.7 Å². The fourth-order valence-electron chi connectivity index (χ4n) is 6.71. The first-order valence-electron chi connectivity index (χ1n) is 10.2. The molecule has 0 bridgehead atoms. The van der Waals surface area contributed by atoms with Crippen LogP contribution in [0.15, 0.2) is 11.6 Å². The van der Waals surface area contributed by atoms with Gasteiger partial charge in [0.2, 0.25) is 0 Å². The second kappa shape index (κ2) is 5.73. The molecule has 2 unspecified atom stereocenters. The Morgan fingerprint density at radius 2 is 1.83 bits per heavy atom. The van der Waals surface area contributed by atoms with Crippen LogP contribution in [0.4, 0.5) is 0 Å². The number of rotatable bonds is 2. The molecule has 0 spiro atoms. The van der Waals surface area contributed by atoms with E-state index in [-0.39, 0.29) is 0 Å². The van der Waals surface area contributed by atoms with E-state index in [9.17, 15) is 0 Å². The van der Waals surface area contributed by atoms with Crippen LogP contribution in [0, 0.1) is 29.1 Å². The van der Waals surface area contributed by atoms with Gasteiger partial charge in [-0.25, -0.2) is 0 Å². The molecule has 0 aliphatic heterocycles. The van der Waals surface area contributed by atoms with E-state index in [0.29, 0.717) is 11.5 Å². The Labute approximate surface area is 144 Å². The minimum atomic E-state index is -1.38. The first-order chi connectivity index (χ1) is 10.9. The third kappa shape index (κ3) is 2.99. The van der Waals surface area contributed by atoms with E-state index in [1.165, 1.54) is 57.8 Å². The number of hydrogen-bond acceptors (Lipinski definition) is 1. The highest BCUT2D eigenvalue weighted by molar-refractivity contribution is 6.69. The highest BCUT2D eigenvalue weighted by Crippen LogP contribution is 2.60. The van der Waals surface area contributed by atoms with E-state index in [1.54, 1.807) is 0 Å². The lowest BCUT2D eigenvalue weighted by atomic mass is 9.55. The van der Waals surface area contributed by atoms with Crippen LogP contribution in [0.25, 0.3) is 0 Å². The van der Waals surface area contributed by atoms with Gasteiger partial charge >= 0.3 is 0 Å². The lowest BCUT2D eigenvalue weighted by Crippen LogP contribution is -2.43. The van der Waals surface area contributed by atoms with Crippen LogP contribution in [0.2, 0.25) is 19.6 Å². The van der Waals surface area contributed by atoms with Crippen LogP contribution in [0.5, 0.6) is 0 Å². The summed E-state index contributed by atoms with van der Waals surface area (Å²) < 4.78 is 6.47. The molecule has 4 aliphatic rings. The van der Waals surface area contributed by atoms with Gasteiger partial charge in [0.15, 0.2) is 8.32 Å². The highest BCUT2D eigenvalue weighted by atomic mass is 28.4. The molecule has 2 heteroatoms. The van der Waals surface area contributed by atoms with Crippen LogP contribution < -0.4 is 0 Å². The van der Waals surface area contributed by atoms with Crippen molar-refractivity contribution < 1.29 is 4.43 Å². The van der Waals surface area contributed by atoms with Crippen molar-refractivity contribution in [2.75, 3.05) is 0 Å². The van der Waals surface area contributed by atoms with Crippen LogP contribution in [-0.2, 0) is 4.43 Å². The Morgan fingerprint density at radius 1 is 1.04 bits per heavy atom. The molecule has 1 nitrogen and oxygen atoms in total. The van der Waals surface area contributed by atoms with Crippen molar-refractivity contribution in [1.29, 1.82) is 0 Å². The molecule has 0 heterocycles. The fraction of sp³-hybridized carbons (Fsp3) is 0.905. The van der Waals surface area contributed by atoms with Crippen molar-refractivity contribution >= 4 is 8.32 Å². The topological polar surface area (TPSA) is 9.23 Å². The van der Waals surface area contributed by atoms with Crippen LogP contribution in [0.3, 0.4) is 0 Å². The lowest BCUT2D eigenvalue weighted by Gasteiger charge is -2.51. The Morgan fingerprint density at radius 3 is 2.61 bits per heavy atom. The summed E-state index contributed by atoms with van der Waals surface area (Å²) in [6.45, 7) is 9.63. The maximum absolute atomic E-state index is 6.47. The number of hydrogen-bond donors (Lipinski definition) is 0. The SMILES string of the molecule is C[C@]12CC=C3[C@H]4CCC(O[Si](C)(C)C)CC4CC[C@H]3[C@@H]1CCC2. The summed E-state index contributed by atoms with van der Waals surface area (Å²) in [4.78, 5) is 0. The molecule has 4 rings (SSSR count). The van der Waals surface area contributed by atoms with Crippen molar-refractivity contribution in [3.63, 3.8) is 0 Å². The first kappa shape index (κ1) is 16.4. The Bertz CT molecular complexity index is 491. The van der Waals surface area contributed by atoms with E-state index in [2.05, 4.69) is 32.6 Å². The van der Waals surface area contributed by atoms with Crippen LogP contribution in [-0.4, -0.2) is 14.4 Å². The van der Waals surface area contributed by atoms with Gasteiger partial charge < -0.3 is 4.43 Å². The third-order valence-electron chi connectivity index (χ3n) is 7.61. The Balaban J connectivity index is 1.49. The molecule has 3 fully saturated rings. The van der Waals surface area contributed by atoms with E-state index >= 15 is 0 Å². The molecular formula is C21H36OSi. The molecule has 0 aromatic heterocycles. The van der Waals surface area contributed by atoms with Gasteiger partial charge in [-0.05, 0) is 100 Å². The average Bonchev–Trinajstić information content (AvgIpc) is 2.86. The summed E-state index contributed by atoms with van der Waals surface area (Å²) in [6, 6.07) is 0. The molecule has 0 amide bonds. The van der Waals surface area contributed by atoms with Crippen LogP contribution >= 0.6 is 0 Å². The third-order valence-corrected chi connectivity index (χ3v) is 8.65. The average molecular weight is 333 g/mol. The molecule has 0 N–H and O–H groups in total. The molecule has 130 valence electrons. The number of allylic oxidation sites excluding steroid dienone is 2. The molecule has 4 aliphatic carbocycles. The zero-order chi connectivity index (χ0) is 16.2. The molecule has 23 heavy (non-hydrogen) atoms. The van der Waals surface area contributed by atoms with Gasteiger partial charge in [0.05, 0.1) is 0 Å². The standard InChI is InChI=1S/C21H36OSi/c1-21-12-5-6-20(21)19-9-7-15-14-16(22-23(2,3)4)8-10-17(15)18(19)11-13-21/h11,15-17,19-20H,5-10,12-14H2,1-4H3/t15?,16?,17-,19+,20-,21-/m0/s1. The van der Waals surface area contributed by atoms with Crippen molar-refractivity contribution in [2.45, 2.75) is 90.5 Å². The summed E-state index contributed by atoms with van der Waals surface area (Å²) in [5.41, 5.74) is 2.57. The molecule has 3 saturated carbocycles. The molecule has 0 radical (unpaired) electrons. The zero-order valence-electron chi connectivity index (χ0n) is 15.7. The highest BCUT2D eigenvalue weighted by Gasteiger charge is 2.50. The lowest BCUT2D eigenvalue weighted by molar-refractivity contribution is 0.0464. The summed E-state index contributed by atoms with van der Waals surface area (Å²) in [5, 5.41) is 0. The minimum Gasteiger partial charge on any atom is -0.415 e. The van der Waals surface area contributed by atoms with Gasteiger partial charge in [-0.15, -0.1) is 0 Å². The Hall–Kier alpha value is -0.0831. The van der Waals surface area contributed by atoms with Gasteiger partial charge in [-0.2, -0.15) is 0 Å². The summed E-state index contributed by atoms with van der Waals surface area (Å²) in [5.74, 6) is 3.81. The van der Waals surface area contributed by atoms with Crippen LogP contribution in [0.1, 0.15) is 64.7 Å². The monoisotopic (exact) mass is 332 g/mol. The molecule has 0 saturated heterocycles. The largest absolute Gasteiger partial charge is 0.415 e. The number of fused-ring (bicyclic) bond motifs is 5. The van der Waals surface area contributed by atoms with Gasteiger partial charge in [-0.3, -0.25) is 0 Å². The summed E-state index contributed by atoms with van der Waals surface area (Å²) >= 11 is 0. The maximum Gasteiger partial charge on any atom is 0.184 e. The molecule has 0 aromatic rings. The van der Waals surface area contributed by atoms with Gasteiger partial charge in [0.25, 0.3) is 0 Å². The zero-order valence-corrected chi connectivity index (χ0v) is 16.7. The van der Waals surface area contributed by atoms with Crippen molar-refractivity contribution in [3.8, 4) is 0 Å². The summed E-state index contributed by atoms with van der Waals surface area (Å²) in [7, 11) is -1.38. The minimum absolute atomic E-state index is 0.570. The normalized spacial score (nSPS) is 46.6. The van der Waals surface area contributed by atoms with Crippen molar-refractivity contribution in [1.82, 2.24) is 0 Å². The van der Waals surface area contributed by atoms with E-state index < -0.39 is 8.32 Å². The van der Waals surface area contributed by atoms with Gasteiger partial charge in [0.1, 0.15) is 0 Å². The second-order valence-corrected chi connectivity index (χ2v) is 14.7. The van der Waals surface area contributed by atoms with Gasteiger partial charge in [-0.1, -0.05) is 25.0 Å². The molecule has 0 aromatic carbocycles. The quantitative estimate of drug-likeness (QED) is 0.434. The fourth-order valence-corrected chi connectivity index (χ4v) is 7.92. The molecular weight excluding hydrogens is 296 g/mol. The predicted octanol–water partition coefficient (Wildman–Crippen LogP) is 6.17. The van der Waals surface area contributed by atoms with Crippen molar-refractivity contribution in [2.24, 2.45) is 29.1 Å². The maximum atomic E-state index is 6.47.